The topological polar surface area (TPSA) is 26.0 Å². The summed E-state index contributed by atoms with van der Waals surface area (Å²) in [6, 6.07) is 8.13. The summed E-state index contributed by atoms with van der Waals surface area (Å²) in [7, 11) is 0. The van der Waals surface area contributed by atoms with Crippen LogP contribution in [0.2, 0.25) is 0 Å². The molecule has 0 amide bonds. The third-order valence-corrected chi connectivity index (χ3v) is 2.10. The zero-order valence-corrected chi connectivity index (χ0v) is 8.94. The van der Waals surface area contributed by atoms with Gasteiger partial charge in [0.2, 0.25) is 0 Å². The zero-order chi connectivity index (χ0) is 8.81. The predicted molar refractivity (Wildman–Crippen MR) is 61.3 cm³/mol. The number of nitrogens with two attached hydrogens (primary N) is 1. The maximum Gasteiger partial charge on any atom is 0.0346 e. The lowest BCUT2D eigenvalue weighted by atomic mass is 10.1. The van der Waals surface area contributed by atoms with Crippen LogP contribution in [-0.4, -0.2) is 0 Å². The molecule has 0 radical (unpaired) electrons. The number of anilines is 1. The van der Waals surface area contributed by atoms with Gasteiger partial charge in [0, 0.05) is 5.69 Å². The first kappa shape index (κ1) is 12.3. The average molecular weight is 200 g/mol. The Morgan fingerprint density at radius 3 is 2.46 bits per heavy atom. The number of benzene rings is 1. The van der Waals surface area contributed by atoms with Gasteiger partial charge in [0.15, 0.2) is 0 Å². The zero-order valence-electron chi connectivity index (χ0n) is 8.12. The minimum Gasteiger partial charge on any atom is -0.399 e. The number of para-hydroxylation sites is 1. The summed E-state index contributed by atoms with van der Waals surface area (Å²) in [4.78, 5) is 0. The molecule has 0 bridgehead atoms. The van der Waals surface area contributed by atoms with Crippen LogP contribution in [0.25, 0.3) is 0 Å². The largest absolute Gasteiger partial charge is 0.399 e. The van der Waals surface area contributed by atoms with Gasteiger partial charge in [-0.05, 0) is 24.5 Å². The number of hydrogen-bond acceptors (Lipinski definition) is 1. The molecule has 0 atom stereocenters. The van der Waals surface area contributed by atoms with Gasteiger partial charge in [-0.15, -0.1) is 12.4 Å². The Balaban J connectivity index is 0.00000144. The fourth-order valence-electron chi connectivity index (χ4n) is 1.33. The van der Waals surface area contributed by atoms with E-state index in [4.69, 9.17) is 5.73 Å². The first-order valence-electron chi connectivity index (χ1n) is 4.68. The molecular weight excluding hydrogens is 182 g/mol. The van der Waals surface area contributed by atoms with Crippen molar-refractivity contribution in [3.05, 3.63) is 29.8 Å². The molecule has 0 spiro atoms. The van der Waals surface area contributed by atoms with Crippen LogP contribution in [0, 0.1) is 0 Å². The molecule has 1 rings (SSSR count). The Morgan fingerprint density at radius 2 is 1.85 bits per heavy atom. The lowest BCUT2D eigenvalue weighted by molar-refractivity contribution is 0.718. The van der Waals surface area contributed by atoms with E-state index in [1.165, 1.54) is 24.8 Å². The van der Waals surface area contributed by atoms with E-state index in [0.717, 1.165) is 12.1 Å². The number of halogens is 1. The van der Waals surface area contributed by atoms with Gasteiger partial charge >= 0.3 is 0 Å². The molecule has 1 aromatic carbocycles. The predicted octanol–water partition coefficient (Wildman–Crippen LogP) is 3.42. The number of nitrogen functional groups attached to an aromatic ring is 1. The van der Waals surface area contributed by atoms with Crippen molar-refractivity contribution in [1.29, 1.82) is 0 Å². The van der Waals surface area contributed by atoms with Crippen LogP contribution in [0.15, 0.2) is 24.3 Å². The molecule has 0 fully saturated rings. The van der Waals surface area contributed by atoms with Crippen molar-refractivity contribution in [3.63, 3.8) is 0 Å². The number of aryl methyl sites for hydroxylation is 1. The molecule has 2 heteroatoms. The van der Waals surface area contributed by atoms with Crippen molar-refractivity contribution < 1.29 is 0 Å². The second kappa shape index (κ2) is 6.79. The fraction of sp³-hybridized carbons (Fsp3) is 0.455. The third kappa shape index (κ3) is 4.18. The molecule has 2 N–H and O–H groups in total. The number of hydrogen-bond donors (Lipinski definition) is 1. The Morgan fingerprint density at radius 1 is 1.15 bits per heavy atom. The maximum atomic E-state index is 5.80. The molecule has 0 unspecified atom stereocenters. The highest BCUT2D eigenvalue weighted by Crippen LogP contribution is 2.13. The normalized spacial score (nSPS) is 9.31. The van der Waals surface area contributed by atoms with Gasteiger partial charge in [-0.2, -0.15) is 0 Å². The summed E-state index contributed by atoms with van der Waals surface area (Å²) < 4.78 is 0. The molecule has 0 heterocycles. The standard InChI is InChI=1S/C11H17N.ClH/c1-2-3-4-7-10-8-5-6-9-11(10)12;/h5-6,8-9H,2-4,7,12H2,1H3;1H. The van der Waals surface area contributed by atoms with Crippen LogP contribution in [-0.2, 0) is 6.42 Å². The molecular formula is C11H18ClN. The Labute approximate surface area is 86.7 Å². The summed E-state index contributed by atoms with van der Waals surface area (Å²) in [5, 5.41) is 0. The number of unbranched alkanes of at least 4 members (excludes halogenated alkanes) is 2. The molecule has 0 saturated carbocycles. The summed E-state index contributed by atoms with van der Waals surface area (Å²) in [5.41, 5.74) is 8.04. The van der Waals surface area contributed by atoms with E-state index in [1.54, 1.807) is 0 Å². The van der Waals surface area contributed by atoms with E-state index in [1.807, 2.05) is 12.1 Å². The maximum absolute atomic E-state index is 5.80. The smallest absolute Gasteiger partial charge is 0.0346 e. The minimum atomic E-state index is 0. The Bertz CT molecular complexity index is 235. The van der Waals surface area contributed by atoms with E-state index in [-0.39, 0.29) is 12.4 Å². The van der Waals surface area contributed by atoms with Gasteiger partial charge in [0.05, 0.1) is 0 Å². The highest BCUT2D eigenvalue weighted by molar-refractivity contribution is 5.85. The van der Waals surface area contributed by atoms with E-state index < -0.39 is 0 Å². The van der Waals surface area contributed by atoms with Crippen molar-refractivity contribution in [2.24, 2.45) is 0 Å². The highest BCUT2D eigenvalue weighted by Gasteiger charge is 1.95. The lowest BCUT2D eigenvalue weighted by Gasteiger charge is -2.03. The van der Waals surface area contributed by atoms with Crippen molar-refractivity contribution in [2.75, 3.05) is 5.73 Å². The monoisotopic (exact) mass is 199 g/mol. The van der Waals surface area contributed by atoms with Gasteiger partial charge in [-0.3, -0.25) is 0 Å². The van der Waals surface area contributed by atoms with Crippen molar-refractivity contribution in [1.82, 2.24) is 0 Å². The van der Waals surface area contributed by atoms with E-state index in [0.29, 0.717) is 0 Å². The molecule has 0 saturated heterocycles. The van der Waals surface area contributed by atoms with Gasteiger partial charge < -0.3 is 5.73 Å². The minimum absolute atomic E-state index is 0. The van der Waals surface area contributed by atoms with Crippen LogP contribution in [0.1, 0.15) is 31.7 Å². The molecule has 1 aromatic rings. The van der Waals surface area contributed by atoms with Crippen molar-refractivity contribution >= 4 is 18.1 Å². The van der Waals surface area contributed by atoms with E-state index in [2.05, 4.69) is 19.1 Å². The summed E-state index contributed by atoms with van der Waals surface area (Å²) in [6.45, 7) is 2.22. The first-order chi connectivity index (χ1) is 5.84. The Kier molecular flexibility index (Phi) is 6.43. The van der Waals surface area contributed by atoms with Crippen LogP contribution >= 0.6 is 12.4 Å². The average Bonchev–Trinajstić information content (AvgIpc) is 2.09. The highest BCUT2D eigenvalue weighted by atomic mass is 35.5. The molecule has 1 nitrogen and oxygen atoms in total. The second-order valence-electron chi connectivity index (χ2n) is 3.16. The van der Waals surface area contributed by atoms with Crippen molar-refractivity contribution in [3.8, 4) is 0 Å². The van der Waals surface area contributed by atoms with Crippen LogP contribution in [0.3, 0.4) is 0 Å². The molecule has 0 aromatic heterocycles. The van der Waals surface area contributed by atoms with Crippen LogP contribution < -0.4 is 5.73 Å². The summed E-state index contributed by atoms with van der Waals surface area (Å²) in [6.07, 6.45) is 4.95. The molecule has 74 valence electrons. The Hall–Kier alpha value is -0.690. The van der Waals surface area contributed by atoms with E-state index >= 15 is 0 Å². The van der Waals surface area contributed by atoms with Crippen LogP contribution in [0.5, 0.6) is 0 Å². The molecule has 0 aliphatic rings. The first-order valence-corrected chi connectivity index (χ1v) is 4.68. The van der Waals surface area contributed by atoms with Gasteiger partial charge in [-0.25, -0.2) is 0 Å². The number of rotatable bonds is 4. The molecule has 13 heavy (non-hydrogen) atoms. The van der Waals surface area contributed by atoms with Gasteiger partial charge in [-0.1, -0.05) is 38.0 Å². The van der Waals surface area contributed by atoms with Crippen molar-refractivity contribution in [2.45, 2.75) is 32.6 Å². The third-order valence-electron chi connectivity index (χ3n) is 2.10. The molecule has 0 aliphatic heterocycles. The fourth-order valence-corrected chi connectivity index (χ4v) is 1.33. The van der Waals surface area contributed by atoms with E-state index in [9.17, 15) is 0 Å². The summed E-state index contributed by atoms with van der Waals surface area (Å²) in [5.74, 6) is 0. The van der Waals surface area contributed by atoms with Gasteiger partial charge in [0.1, 0.15) is 0 Å². The molecule has 0 aliphatic carbocycles. The van der Waals surface area contributed by atoms with Gasteiger partial charge in [0.25, 0.3) is 0 Å². The second-order valence-corrected chi connectivity index (χ2v) is 3.16. The van der Waals surface area contributed by atoms with Crippen LogP contribution in [0.4, 0.5) is 5.69 Å². The quantitative estimate of drug-likeness (QED) is 0.584. The lowest BCUT2D eigenvalue weighted by Crippen LogP contribution is -1.93. The summed E-state index contributed by atoms with van der Waals surface area (Å²) >= 11 is 0. The SMILES string of the molecule is CCCCCc1ccccc1N.Cl.